The minimum absolute atomic E-state index is 0.176. The molecule has 1 spiro atoms. The van der Waals surface area contributed by atoms with E-state index in [1.807, 2.05) is 19.1 Å². The molecule has 0 radical (unpaired) electrons. The van der Waals surface area contributed by atoms with Gasteiger partial charge in [0.2, 0.25) is 5.91 Å². The maximum Gasteiger partial charge on any atom is 0.236 e. The number of amides is 1. The van der Waals surface area contributed by atoms with Gasteiger partial charge in [-0.05, 0) is 41.8 Å². The molecule has 32 heavy (non-hydrogen) atoms. The molecule has 1 amide bonds. The molecule has 2 fully saturated rings. The van der Waals surface area contributed by atoms with Crippen LogP contribution in [0.3, 0.4) is 0 Å². The topological polar surface area (TPSA) is 87.5 Å². The van der Waals surface area contributed by atoms with Crippen LogP contribution in [-0.4, -0.2) is 42.6 Å². The van der Waals surface area contributed by atoms with Crippen LogP contribution in [0.15, 0.2) is 36.4 Å². The zero-order valence-electron chi connectivity index (χ0n) is 18.0. The third kappa shape index (κ3) is 3.77. The second-order valence-corrected chi connectivity index (χ2v) is 8.72. The molecule has 2 aliphatic rings. The number of ether oxygens (including phenoxy) is 1. The fourth-order valence-electron chi connectivity index (χ4n) is 4.96. The van der Waals surface area contributed by atoms with Crippen LogP contribution in [0.4, 0.5) is 4.39 Å². The van der Waals surface area contributed by atoms with Gasteiger partial charge >= 0.3 is 0 Å². The highest BCUT2D eigenvalue weighted by Gasteiger charge is 2.53. The lowest BCUT2D eigenvalue weighted by Gasteiger charge is -2.52. The SMILES string of the molecule is COc1cc(-c2ccc(F)cc2)cc(C)c1C1C(=O)CC2(CC1=O)CN(C(=O)CC#N)C2. The van der Waals surface area contributed by atoms with Gasteiger partial charge in [0.25, 0.3) is 0 Å². The van der Waals surface area contributed by atoms with E-state index in [-0.39, 0.29) is 42.6 Å². The molecule has 1 heterocycles. The Bertz CT molecular complexity index is 1120. The van der Waals surface area contributed by atoms with Gasteiger partial charge in [-0.25, -0.2) is 4.39 Å². The summed E-state index contributed by atoms with van der Waals surface area (Å²) in [6.45, 7) is 2.50. The van der Waals surface area contributed by atoms with Gasteiger partial charge in [-0.2, -0.15) is 5.26 Å². The van der Waals surface area contributed by atoms with Crippen LogP contribution in [0.5, 0.6) is 5.75 Å². The average Bonchev–Trinajstić information content (AvgIpc) is 2.72. The molecule has 1 saturated heterocycles. The Kier molecular flexibility index (Phi) is 5.55. The first-order valence-electron chi connectivity index (χ1n) is 10.4. The van der Waals surface area contributed by atoms with E-state index in [0.29, 0.717) is 24.4 Å². The molecule has 0 bridgehead atoms. The van der Waals surface area contributed by atoms with Gasteiger partial charge in [0.1, 0.15) is 35.5 Å². The molecule has 2 aromatic carbocycles. The number of carbonyl (C=O) groups excluding carboxylic acids is 3. The number of Topliss-reactive ketones (excluding diaryl/α,β-unsaturated/α-hetero) is 2. The summed E-state index contributed by atoms with van der Waals surface area (Å²) >= 11 is 0. The largest absolute Gasteiger partial charge is 0.496 e. The van der Waals surface area contributed by atoms with Crippen molar-refractivity contribution in [3.63, 3.8) is 0 Å². The second-order valence-electron chi connectivity index (χ2n) is 8.72. The van der Waals surface area contributed by atoms with E-state index < -0.39 is 11.3 Å². The molecule has 2 aromatic rings. The van der Waals surface area contributed by atoms with Crippen LogP contribution in [0.1, 0.15) is 36.3 Å². The number of nitriles is 1. The number of likely N-dealkylation sites (tertiary alicyclic amines) is 1. The Morgan fingerprint density at radius 2 is 1.78 bits per heavy atom. The van der Waals surface area contributed by atoms with Crippen LogP contribution in [0.2, 0.25) is 0 Å². The molecular formula is C25H23FN2O4. The maximum atomic E-state index is 13.3. The van der Waals surface area contributed by atoms with Crippen LogP contribution in [-0.2, 0) is 14.4 Å². The highest BCUT2D eigenvalue weighted by Crippen LogP contribution is 2.47. The number of ketones is 2. The molecule has 0 unspecified atom stereocenters. The predicted molar refractivity (Wildman–Crippen MR) is 114 cm³/mol. The summed E-state index contributed by atoms with van der Waals surface area (Å²) in [5.41, 5.74) is 2.41. The summed E-state index contributed by atoms with van der Waals surface area (Å²) in [6.07, 6.45) is 0.224. The van der Waals surface area contributed by atoms with Crippen molar-refractivity contribution < 1.29 is 23.5 Å². The molecule has 1 aliphatic heterocycles. The van der Waals surface area contributed by atoms with Crippen molar-refractivity contribution in [3.05, 3.63) is 53.3 Å². The van der Waals surface area contributed by atoms with Gasteiger partial charge in [-0.3, -0.25) is 14.4 Å². The molecule has 6 nitrogen and oxygen atoms in total. The van der Waals surface area contributed by atoms with Crippen LogP contribution < -0.4 is 4.74 Å². The number of benzene rings is 2. The third-order valence-corrected chi connectivity index (χ3v) is 6.41. The Morgan fingerprint density at radius 3 is 2.34 bits per heavy atom. The van der Waals surface area contributed by atoms with Crippen molar-refractivity contribution in [2.24, 2.45) is 5.41 Å². The van der Waals surface area contributed by atoms with Crippen molar-refractivity contribution >= 4 is 17.5 Å². The summed E-state index contributed by atoms with van der Waals surface area (Å²) in [4.78, 5) is 39.7. The fourth-order valence-corrected chi connectivity index (χ4v) is 4.96. The molecule has 4 rings (SSSR count). The van der Waals surface area contributed by atoms with Crippen molar-refractivity contribution in [2.45, 2.75) is 32.1 Å². The van der Waals surface area contributed by atoms with Crippen LogP contribution in [0.25, 0.3) is 11.1 Å². The molecule has 0 aromatic heterocycles. The van der Waals surface area contributed by atoms with E-state index >= 15 is 0 Å². The molecule has 0 N–H and O–H groups in total. The maximum absolute atomic E-state index is 13.3. The minimum atomic E-state index is -0.901. The highest BCUT2D eigenvalue weighted by atomic mass is 19.1. The number of aryl methyl sites for hydroxylation is 1. The van der Waals surface area contributed by atoms with E-state index in [4.69, 9.17) is 10.00 Å². The van der Waals surface area contributed by atoms with Gasteiger partial charge in [-0.1, -0.05) is 18.2 Å². The number of methoxy groups -OCH3 is 1. The van der Waals surface area contributed by atoms with Crippen LogP contribution >= 0.6 is 0 Å². The van der Waals surface area contributed by atoms with Crippen LogP contribution in [0, 0.1) is 29.5 Å². The molecule has 164 valence electrons. The van der Waals surface area contributed by atoms with Crippen molar-refractivity contribution in [3.8, 4) is 22.9 Å². The number of halogens is 1. The lowest BCUT2D eigenvalue weighted by Crippen LogP contribution is -2.62. The third-order valence-electron chi connectivity index (χ3n) is 6.41. The quantitative estimate of drug-likeness (QED) is 0.687. The Morgan fingerprint density at radius 1 is 1.16 bits per heavy atom. The zero-order chi connectivity index (χ0) is 23.0. The second kappa shape index (κ2) is 8.19. The summed E-state index contributed by atoms with van der Waals surface area (Å²) < 4.78 is 18.9. The van der Waals surface area contributed by atoms with Crippen molar-refractivity contribution in [2.75, 3.05) is 20.2 Å². The average molecular weight is 434 g/mol. The van der Waals surface area contributed by atoms with E-state index in [2.05, 4.69) is 0 Å². The highest BCUT2D eigenvalue weighted by molar-refractivity contribution is 6.11. The molecular weight excluding hydrogens is 411 g/mol. The van der Waals surface area contributed by atoms with E-state index in [1.165, 1.54) is 24.1 Å². The van der Waals surface area contributed by atoms with Gasteiger partial charge in [0, 0.05) is 36.9 Å². The number of carbonyl (C=O) groups is 3. The van der Waals surface area contributed by atoms with E-state index in [0.717, 1.165) is 16.7 Å². The fraction of sp³-hybridized carbons (Fsp3) is 0.360. The normalized spacial score (nSPS) is 17.8. The lowest BCUT2D eigenvalue weighted by molar-refractivity contribution is -0.154. The summed E-state index contributed by atoms with van der Waals surface area (Å²) in [5.74, 6) is -1.40. The number of hydrogen-bond donors (Lipinski definition) is 0. The first kappa shape index (κ1) is 21.7. The number of nitrogens with zero attached hydrogens (tertiary/aromatic N) is 2. The van der Waals surface area contributed by atoms with E-state index in [1.54, 1.807) is 18.2 Å². The summed E-state index contributed by atoms with van der Waals surface area (Å²) in [5, 5.41) is 8.70. The summed E-state index contributed by atoms with van der Waals surface area (Å²) in [7, 11) is 1.50. The summed E-state index contributed by atoms with van der Waals surface area (Å²) in [6, 6.07) is 11.6. The van der Waals surface area contributed by atoms with Crippen molar-refractivity contribution in [1.29, 1.82) is 5.26 Å². The molecule has 1 saturated carbocycles. The number of rotatable bonds is 4. The van der Waals surface area contributed by atoms with Gasteiger partial charge < -0.3 is 9.64 Å². The van der Waals surface area contributed by atoms with Gasteiger partial charge in [0.05, 0.1) is 13.2 Å². The van der Waals surface area contributed by atoms with Gasteiger partial charge in [0.15, 0.2) is 0 Å². The standard InChI is InChI=1S/C25H23FN2O4/c1-15-9-17(16-3-5-18(26)6-4-16)10-21(32-2)23(15)24-19(29)11-25(12-20(24)30)13-28(14-25)22(31)7-8-27/h3-6,9-10,24H,7,11-14H2,1-2H3. The smallest absolute Gasteiger partial charge is 0.236 e. The molecule has 7 heteroatoms. The van der Waals surface area contributed by atoms with Gasteiger partial charge in [-0.15, -0.1) is 0 Å². The lowest BCUT2D eigenvalue weighted by atomic mass is 9.63. The first-order chi connectivity index (χ1) is 15.3. The Labute approximate surface area is 185 Å². The Balaban J connectivity index is 1.60. The first-order valence-corrected chi connectivity index (χ1v) is 10.4. The zero-order valence-corrected chi connectivity index (χ0v) is 18.0. The predicted octanol–water partition coefficient (Wildman–Crippen LogP) is 3.57. The molecule has 1 aliphatic carbocycles. The Hall–Kier alpha value is -3.53. The number of hydrogen-bond acceptors (Lipinski definition) is 5. The minimum Gasteiger partial charge on any atom is -0.496 e. The van der Waals surface area contributed by atoms with Crippen molar-refractivity contribution in [1.82, 2.24) is 4.90 Å². The van der Waals surface area contributed by atoms with E-state index in [9.17, 15) is 18.8 Å². The molecule has 0 atom stereocenters. The monoisotopic (exact) mass is 434 g/mol.